The molecule has 0 fully saturated rings. The van der Waals surface area contributed by atoms with E-state index in [1.54, 1.807) is 41.5 Å². The summed E-state index contributed by atoms with van der Waals surface area (Å²) in [7, 11) is -1.81. The molecule has 4 N–H and O–H groups in total. The molecule has 0 rings (SSSR count). The van der Waals surface area contributed by atoms with Crippen LogP contribution in [-0.4, -0.2) is 46.7 Å². The summed E-state index contributed by atoms with van der Waals surface area (Å²) in [6, 6.07) is 3.43. The van der Waals surface area contributed by atoms with Crippen LogP contribution in [-0.2, 0) is 21.7 Å². The Bertz CT molecular complexity index is 196. The van der Waals surface area contributed by atoms with Crippen LogP contribution < -0.4 is 0 Å². The first kappa shape index (κ1) is 38.4. The molecule has 0 atom stereocenters. The minimum Gasteiger partial charge on any atom is -0.432 e. The zero-order valence-corrected chi connectivity index (χ0v) is 22.4. The molecule has 0 aliphatic carbocycles. The second-order valence-electron chi connectivity index (χ2n) is 7.82. The third kappa shape index (κ3) is 66.0. The van der Waals surface area contributed by atoms with Crippen LogP contribution in [0.15, 0.2) is 0 Å². The van der Waals surface area contributed by atoms with Gasteiger partial charge in [-0.2, -0.15) is 0 Å². The SMILES string of the molecule is CC(C)O.CC(C)O.CC(C)O.CCCC[Si](O)(CCCC)CCCC.[Ti]. The Balaban J connectivity index is -0.000000102. The summed E-state index contributed by atoms with van der Waals surface area (Å²) in [6.07, 6.45) is 6.89. The molecule has 0 heterocycles. The Hall–Kier alpha value is 0.771. The Kier molecular flexibility index (Phi) is 41.2. The van der Waals surface area contributed by atoms with Crippen molar-refractivity contribution in [3.63, 3.8) is 0 Å². The van der Waals surface area contributed by atoms with Crippen molar-refractivity contribution in [3.8, 4) is 0 Å². The van der Waals surface area contributed by atoms with Gasteiger partial charge in [0.15, 0.2) is 8.32 Å². The van der Waals surface area contributed by atoms with E-state index in [4.69, 9.17) is 15.3 Å². The summed E-state index contributed by atoms with van der Waals surface area (Å²) in [5.74, 6) is 0. The van der Waals surface area contributed by atoms with E-state index < -0.39 is 8.32 Å². The molecule has 0 aromatic carbocycles. The summed E-state index contributed by atoms with van der Waals surface area (Å²) in [4.78, 5) is 10.5. The third-order valence-corrected chi connectivity index (χ3v) is 6.84. The predicted molar refractivity (Wildman–Crippen MR) is 119 cm³/mol. The molecule has 0 spiro atoms. The summed E-state index contributed by atoms with van der Waals surface area (Å²) in [6.45, 7) is 17.0. The molecule has 0 amide bonds. The van der Waals surface area contributed by atoms with Crippen molar-refractivity contribution < 1.29 is 41.8 Å². The molecule has 0 saturated heterocycles. The van der Waals surface area contributed by atoms with E-state index in [0.717, 1.165) is 18.1 Å². The normalized spacial score (nSPS) is 10.2. The molecule has 168 valence electrons. The van der Waals surface area contributed by atoms with Gasteiger partial charge in [0.25, 0.3) is 0 Å². The maximum atomic E-state index is 10.5. The van der Waals surface area contributed by atoms with Gasteiger partial charge in [-0.25, -0.2) is 0 Å². The monoisotopic (exact) mass is 444 g/mol. The molecule has 4 nitrogen and oxygen atoms in total. The minimum absolute atomic E-state index is 0. The van der Waals surface area contributed by atoms with Crippen LogP contribution in [0.25, 0.3) is 0 Å². The van der Waals surface area contributed by atoms with Gasteiger partial charge in [0.05, 0.1) is 0 Å². The number of rotatable bonds is 9. The summed E-state index contributed by atoms with van der Waals surface area (Å²) in [5.41, 5.74) is 0. The van der Waals surface area contributed by atoms with Crippen LogP contribution in [0.4, 0.5) is 0 Å². The van der Waals surface area contributed by atoms with Gasteiger partial charge in [-0.1, -0.05) is 59.3 Å². The van der Waals surface area contributed by atoms with Crippen molar-refractivity contribution >= 4 is 8.32 Å². The van der Waals surface area contributed by atoms with Crippen LogP contribution in [0, 0.1) is 0 Å². The predicted octanol–water partition coefficient (Wildman–Crippen LogP) is 5.48. The standard InChI is InChI=1S/C12H28OSi.3C3H8O.Ti/c1-4-7-10-14(13,11-8-5-2)12-9-6-3;3*1-3(2)4;/h13H,4-12H2,1-3H3;3*3-4H,1-2H3;. The van der Waals surface area contributed by atoms with Gasteiger partial charge in [-0.05, 0) is 59.7 Å². The minimum atomic E-state index is -1.81. The van der Waals surface area contributed by atoms with Crippen LogP contribution in [0.5, 0.6) is 0 Å². The first-order valence-electron chi connectivity index (χ1n) is 10.6. The van der Waals surface area contributed by atoms with Gasteiger partial charge in [0.2, 0.25) is 0 Å². The molecule has 27 heavy (non-hydrogen) atoms. The Labute approximate surface area is 187 Å². The zero-order chi connectivity index (χ0) is 21.6. The number of aliphatic hydroxyl groups excluding tert-OH is 3. The number of hydrogen-bond donors (Lipinski definition) is 4. The van der Waals surface area contributed by atoms with Crippen molar-refractivity contribution in [2.75, 3.05) is 0 Å². The van der Waals surface area contributed by atoms with Gasteiger partial charge in [-0.3, -0.25) is 0 Å². The Morgan fingerprint density at radius 3 is 0.815 bits per heavy atom. The topological polar surface area (TPSA) is 80.9 Å². The van der Waals surface area contributed by atoms with Gasteiger partial charge in [0, 0.05) is 40.0 Å². The maximum Gasteiger partial charge on any atom is 0.188 e. The third-order valence-electron chi connectivity index (χ3n) is 2.99. The second kappa shape index (κ2) is 29.0. The fourth-order valence-corrected chi connectivity index (χ4v) is 5.68. The van der Waals surface area contributed by atoms with Crippen LogP contribution in [0.1, 0.15) is 101 Å². The number of hydrogen-bond acceptors (Lipinski definition) is 4. The second-order valence-corrected chi connectivity index (χ2v) is 11.8. The van der Waals surface area contributed by atoms with Crippen LogP contribution in [0.3, 0.4) is 0 Å². The molecule has 0 aliphatic rings. The molecule has 0 unspecified atom stereocenters. The molecule has 0 aromatic heterocycles. The molecule has 0 aliphatic heterocycles. The molecular formula is C21H52O4SiTi. The van der Waals surface area contributed by atoms with Gasteiger partial charge in [0.1, 0.15) is 0 Å². The molecular weight excluding hydrogens is 392 g/mol. The van der Waals surface area contributed by atoms with Crippen molar-refractivity contribution in [1.29, 1.82) is 0 Å². The van der Waals surface area contributed by atoms with Crippen molar-refractivity contribution in [2.45, 2.75) is 137 Å². The smallest absolute Gasteiger partial charge is 0.188 e. The fourth-order valence-electron chi connectivity index (χ4n) is 1.89. The number of unbranched alkanes of at least 4 members (excludes halogenated alkanes) is 3. The quantitative estimate of drug-likeness (QED) is 0.355. The van der Waals surface area contributed by atoms with Crippen molar-refractivity contribution in [2.24, 2.45) is 0 Å². The van der Waals surface area contributed by atoms with E-state index >= 15 is 0 Å². The molecule has 6 heteroatoms. The largest absolute Gasteiger partial charge is 0.432 e. The summed E-state index contributed by atoms with van der Waals surface area (Å²) >= 11 is 0. The van der Waals surface area contributed by atoms with Gasteiger partial charge in [-0.15, -0.1) is 0 Å². The van der Waals surface area contributed by atoms with E-state index in [0.29, 0.717) is 0 Å². The van der Waals surface area contributed by atoms with Crippen molar-refractivity contribution in [3.05, 3.63) is 0 Å². The van der Waals surface area contributed by atoms with E-state index in [9.17, 15) is 4.80 Å². The maximum absolute atomic E-state index is 10.5. The average Bonchev–Trinajstić information content (AvgIpc) is 2.47. The van der Waals surface area contributed by atoms with E-state index in [-0.39, 0.29) is 40.0 Å². The summed E-state index contributed by atoms with van der Waals surface area (Å²) < 4.78 is 0. The Morgan fingerprint density at radius 2 is 0.704 bits per heavy atom. The first-order chi connectivity index (χ1) is 11.9. The molecule has 0 saturated carbocycles. The average molecular weight is 445 g/mol. The van der Waals surface area contributed by atoms with E-state index in [1.807, 2.05) is 0 Å². The van der Waals surface area contributed by atoms with E-state index in [2.05, 4.69) is 20.8 Å². The van der Waals surface area contributed by atoms with Gasteiger partial charge >= 0.3 is 0 Å². The van der Waals surface area contributed by atoms with E-state index in [1.165, 1.54) is 38.5 Å². The molecule has 0 aromatic rings. The summed E-state index contributed by atoms with van der Waals surface area (Å²) in [5, 5.41) is 24.2. The first-order valence-corrected chi connectivity index (χ1v) is 13.2. The van der Waals surface area contributed by atoms with Crippen LogP contribution >= 0.6 is 0 Å². The zero-order valence-electron chi connectivity index (χ0n) is 19.9. The molecule has 0 radical (unpaired) electrons. The molecule has 0 bridgehead atoms. The van der Waals surface area contributed by atoms with Crippen LogP contribution in [0.2, 0.25) is 18.1 Å². The van der Waals surface area contributed by atoms with Crippen molar-refractivity contribution in [1.82, 2.24) is 0 Å². The fraction of sp³-hybridized carbons (Fsp3) is 1.00. The number of aliphatic hydroxyl groups is 3. The Morgan fingerprint density at radius 1 is 0.556 bits per heavy atom. The van der Waals surface area contributed by atoms with Gasteiger partial charge < -0.3 is 20.1 Å².